The predicted molar refractivity (Wildman–Crippen MR) is 70.0 cm³/mol. The van der Waals surface area contributed by atoms with Crippen LogP contribution in [0.4, 0.5) is 0 Å². The van der Waals surface area contributed by atoms with E-state index in [1.807, 2.05) is 18.7 Å². The zero-order chi connectivity index (χ0) is 12.1. The molecule has 1 saturated heterocycles. The molecule has 17 heavy (non-hydrogen) atoms. The van der Waals surface area contributed by atoms with E-state index in [2.05, 4.69) is 33.6 Å². The Balaban J connectivity index is 1.84. The second kappa shape index (κ2) is 6.17. The van der Waals surface area contributed by atoms with Gasteiger partial charge >= 0.3 is 0 Å². The number of rotatable bonds is 5. The molecule has 0 amide bonds. The Kier molecular flexibility index (Phi) is 4.57. The van der Waals surface area contributed by atoms with E-state index < -0.39 is 0 Å². The lowest BCUT2D eigenvalue weighted by Gasteiger charge is -2.37. The molecular weight excluding hydrogens is 212 g/mol. The quantitative estimate of drug-likeness (QED) is 0.837. The van der Waals surface area contributed by atoms with E-state index >= 15 is 0 Å². The van der Waals surface area contributed by atoms with Gasteiger partial charge < -0.3 is 9.88 Å². The van der Waals surface area contributed by atoms with E-state index in [4.69, 9.17) is 0 Å². The number of nitrogens with zero attached hydrogens (tertiary/aromatic N) is 3. The van der Waals surface area contributed by atoms with E-state index in [1.165, 1.54) is 25.9 Å². The molecule has 0 saturated carbocycles. The van der Waals surface area contributed by atoms with Crippen LogP contribution in [0.2, 0.25) is 0 Å². The molecule has 0 aromatic carbocycles. The summed E-state index contributed by atoms with van der Waals surface area (Å²) in [6, 6.07) is 1.27. The molecule has 96 valence electrons. The molecular formula is C13H24N4. The van der Waals surface area contributed by atoms with Crippen molar-refractivity contribution in [3.63, 3.8) is 0 Å². The van der Waals surface area contributed by atoms with Gasteiger partial charge in [-0.15, -0.1) is 0 Å². The highest BCUT2D eigenvalue weighted by Gasteiger charge is 2.22. The molecule has 2 heterocycles. The summed E-state index contributed by atoms with van der Waals surface area (Å²) in [5.74, 6) is 0. The molecule has 4 nitrogen and oxygen atoms in total. The molecule has 0 bridgehead atoms. The van der Waals surface area contributed by atoms with Crippen molar-refractivity contribution in [1.29, 1.82) is 0 Å². The van der Waals surface area contributed by atoms with Crippen LogP contribution >= 0.6 is 0 Å². The number of likely N-dealkylation sites (N-methyl/N-ethyl adjacent to an activating group) is 1. The maximum atomic E-state index is 4.10. The SMILES string of the molecule is CCNC1CCCN(C(C)Cn2ccnc2)C1. The largest absolute Gasteiger partial charge is 0.336 e. The molecule has 4 heteroatoms. The fourth-order valence-corrected chi connectivity index (χ4v) is 2.68. The molecule has 0 aliphatic carbocycles. The molecule has 2 unspecified atom stereocenters. The Morgan fingerprint density at radius 1 is 1.53 bits per heavy atom. The molecule has 1 aliphatic heterocycles. The van der Waals surface area contributed by atoms with E-state index in [0.717, 1.165) is 13.1 Å². The zero-order valence-electron chi connectivity index (χ0n) is 11.0. The van der Waals surface area contributed by atoms with Crippen LogP contribution in [0.3, 0.4) is 0 Å². The first kappa shape index (κ1) is 12.6. The highest BCUT2D eigenvalue weighted by Crippen LogP contribution is 2.14. The first-order valence-corrected chi connectivity index (χ1v) is 6.72. The van der Waals surface area contributed by atoms with Gasteiger partial charge in [0, 0.05) is 37.6 Å². The molecule has 1 aliphatic rings. The summed E-state index contributed by atoms with van der Waals surface area (Å²) in [7, 11) is 0. The zero-order valence-corrected chi connectivity index (χ0v) is 11.0. The third-order valence-corrected chi connectivity index (χ3v) is 3.60. The van der Waals surface area contributed by atoms with E-state index in [0.29, 0.717) is 12.1 Å². The van der Waals surface area contributed by atoms with Crippen molar-refractivity contribution in [2.75, 3.05) is 19.6 Å². The van der Waals surface area contributed by atoms with Crippen molar-refractivity contribution in [1.82, 2.24) is 19.8 Å². The number of nitrogens with one attached hydrogen (secondary N) is 1. The molecule has 1 aromatic heterocycles. The fraction of sp³-hybridized carbons (Fsp3) is 0.769. The molecule has 1 N–H and O–H groups in total. The summed E-state index contributed by atoms with van der Waals surface area (Å²) in [6.07, 6.45) is 8.43. The highest BCUT2D eigenvalue weighted by atomic mass is 15.2. The van der Waals surface area contributed by atoms with Crippen LogP contribution in [0.1, 0.15) is 26.7 Å². The van der Waals surface area contributed by atoms with Crippen molar-refractivity contribution in [3.05, 3.63) is 18.7 Å². The summed E-state index contributed by atoms with van der Waals surface area (Å²) in [6.45, 7) is 9.04. The number of aromatic nitrogens is 2. The van der Waals surface area contributed by atoms with Gasteiger partial charge in [-0.25, -0.2) is 4.98 Å². The normalized spacial score (nSPS) is 23.8. The summed E-state index contributed by atoms with van der Waals surface area (Å²) < 4.78 is 2.17. The maximum Gasteiger partial charge on any atom is 0.0946 e. The summed E-state index contributed by atoms with van der Waals surface area (Å²) in [5, 5.41) is 3.57. The number of likely N-dealkylation sites (tertiary alicyclic amines) is 1. The van der Waals surface area contributed by atoms with Crippen molar-refractivity contribution in [2.24, 2.45) is 0 Å². The Labute approximate surface area is 104 Å². The average Bonchev–Trinajstić information content (AvgIpc) is 2.83. The summed E-state index contributed by atoms with van der Waals surface area (Å²) in [4.78, 5) is 6.69. The van der Waals surface area contributed by atoms with Gasteiger partial charge in [0.05, 0.1) is 6.33 Å². The molecule has 0 spiro atoms. The number of piperidine rings is 1. The van der Waals surface area contributed by atoms with Crippen molar-refractivity contribution in [3.8, 4) is 0 Å². The van der Waals surface area contributed by atoms with Gasteiger partial charge in [-0.05, 0) is 32.9 Å². The van der Waals surface area contributed by atoms with Crippen molar-refractivity contribution >= 4 is 0 Å². The highest BCUT2D eigenvalue weighted by molar-refractivity contribution is 4.83. The molecule has 2 atom stereocenters. The van der Waals surface area contributed by atoms with Gasteiger partial charge in [-0.3, -0.25) is 4.90 Å². The van der Waals surface area contributed by atoms with Gasteiger partial charge in [0.25, 0.3) is 0 Å². The minimum Gasteiger partial charge on any atom is -0.336 e. The van der Waals surface area contributed by atoms with Crippen LogP contribution in [0.25, 0.3) is 0 Å². The van der Waals surface area contributed by atoms with Crippen LogP contribution < -0.4 is 5.32 Å². The van der Waals surface area contributed by atoms with Crippen molar-refractivity contribution in [2.45, 2.75) is 45.3 Å². The second-order valence-electron chi connectivity index (χ2n) is 5.00. The fourth-order valence-electron chi connectivity index (χ4n) is 2.68. The van der Waals surface area contributed by atoms with Gasteiger partial charge in [-0.2, -0.15) is 0 Å². The predicted octanol–water partition coefficient (Wildman–Crippen LogP) is 1.35. The van der Waals surface area contributed by atoms with Crippen LogP contribution in [0, 0.1) is 0 Å². The first-order chi connectivity index (χ1) is 8.29. The second-order valence-corrected chi connectivity index (χ2v) is 5.00. The van der Waals surface area contributed by atoms with E-state index in [-0.39, 0.29) is 0 Å². The Morgan fingerprint density at radius 3 is 3.12 bits per heavy atom. The van der Waals surface area contributed by atoms with Crippen LogP contribution in [0.15, 0.2) is 18.7 Å². The monoisotopic (exact) mass is 236 g/mol. The molecule has 2 rings (SSSR count). The average molecular weight is 236 g/mol. The lowest BCUT2D eigenvalue weighted by molar-refractivity contribution is 0.135. The van der Waals surface area contributed by atoms with Gasteiger partial charge in [0.1, 0.15) is 0 Å². The van der Waals surface area contributed by atoms with Crippen molar-refractivity contribution < 1.29 is 0 Å². The Morgan fingerprint density at radius 2 is 2.41 bits per heavy atom. The molecule has 0 radical (unpaired) electrons. The standard InChI is InChI=1S/C13H24N4/c1-3-15-13-5-4-7-17(10-13)12(2)9-16-8-6-14-11-16/h6,8,11-13,15H,3-5,7,9-10H2,1-2H3. The summed E-state index contributed by atoms with van der Waals surface area (Å²) >= 11 is 0. The minimum atomic E-state index is 0.589. The third-order valence-electron chi connectivity index (χ3n) is 3.60. The van der Waals surface area contributed by atoms with Gasteiger partial charge in [0.2, 0.25) is 0 Å². The lowest BCUT2D eigenvalue weighted by Crippen LogP contribution is -2.49. The Hall–Kier alpha value is -0.870. The van der Waals surface area contributed by atoms with Crippen LogP contribution in [0.5, 0.6) is 0 Å². The number of hydrogen-bond acceptors (Lipinski definition) is 3. The summed E-state index contributed by atoms with van der Waals surface area (Å²) in [5.41, 5.74) is 0. The van der Waals surface area contributed by atoms with E-state index in [9.17, 15) is 0 Å². The smallest absolute Gasteiger partial charge is 0.0946 e. The van der Waals surface area contributed by atoms with E-state index in [1.54, 1.807) is 0 Å². The lowest BCUT2D eigenvalue weighted by atomic mass is 10.0. The number of imidazole rings is 1. The Bertz CT molecular complexity index is 307. The topological polar surface area (TPSA) is 33.1 Å². The third kappa shape index (κ3) is 3.54. The minimum absolute atomic E-state index is 0.589. The maximum absolute atomic E-state index is 4.10. The number of hydrogen-bond donors (Lipinski definition) is 1. The first-order valence-electron chi connectivity index (χ1n) is 6.72. The molecule has 1 fully saturated rings. The van der Waals surface area contributed by atoms with Crippen LogP contribution in [-0.2, 0) is 6.54 Å². The van der Waals surface area contributed by atoms with Gasteiger partial charge in [-0.1, -0.05) is 6.92 Å². The van der Waals surface area contributed by atoms with Crippen LogP contribution in [-0.4, -0.2) is 46.2 Å². The molecule has 1 aromatic rings. The van der Waals surface area contributed by atoms with Gasteiger partial charge in [0.15, 0.2) is 0 Å².